The highest BCUT2D eigenvalue weighted by molar-refractivity contribution is 5.94. The molecule has 0 bridgehead atoms. The van der Waals surface area contributed by atoms with Gasteiger partial charge in [-0.1, -0.05) is 13.0 Å². The fourth-order valence-corrected chi connectivity index (χ4v) is 1.98. The molecule has 4 nitrogen and oxygen atoms in total. The first-order valence-electron chi connectivity index (χ1n) is 5.98. The van der Waals surface area contributed by atoms with E-state index in [-0.39, 0.29) is 18.6 Å². The standard InChI is InChI=1S/C13H18N2O2/c1-2-12(8-16)15-13(17)9-3-4-10-6-14-7-11(10)5-9/h3-5,12,14,16H,2,6-8H2,1H3,(H,15,17)/t12-/m1/s1. The molecule has 0 fully saturated rings. The largest absolute Gasteiger partial charge is 0.394 e. The maximum Gasteiger partial charge on any atom is 0.251 e. The van der Waals surface area contributed by atoms with Crippen LogP contribution in [0.25, 0.3) is 0 Å². The van der Waals surface area contributed by atoms with E-state index in [1.165, 1.54) is 11.1 Å². The highest BCUT2D eigenvalue weighted by atomic mass is 16.3. The van der Waals surface area contributed by atoms with Gasteiger partial charge in [0.1, 0.15) is 0 Å². The van der Waals surface area contributed by atoms with Crippen molar-refractivity contribution in [2.24, 2.45) is 0 Å². The molecule has 0 aromatic heterocycles. The normalized spacial score (nSPS) is 15.4. The van der Waals surface area contributed by atoms with E-state index in [2.05, 4.69) is 10.6 Å². The first-order valence-corrected chi connectivity index (χ1v) is 5.98. The summed E-state index contributed by atoms with van der Waals surface area (Å²) in [6, 6.07) is 5.60. The van der Waals surface area contributed by atoms with Crippen LogP contribution < -0.4 is 10.6 Å². The number of carbonyl (C=O) groups excluding carboxylic acids is 1. The molecule has 2 rings (SSSR count). The second-order valence-corrected chi connectivity index (χ2v) is 4.35. The SMILES string of the molecule is CC[C@H](CO)NC(=O)c1ccc2c(c1)CNC2. The summed E-state index contributed by atoms with van der Waals surface area (Å²) in [6.07, 6.45) is 0.731. The van der Waals surface area contributed by atoms with Crippen LogP contribution in [0, 0.1) is 0 Å². The zero-order valence-corrected chi connectivity index (χ0v) is 9.99. The Hall–Kier alpha value is -1.39. The van der Waals surface area contributed by atoms with Crippen molar-refractivity contribution < 1.29 is 9.90 Å². The lowest BCUT2D eigenvalue weighted by atomic mass is 10.1. The number of benzene rings is 1. The average Bonchev–Trinajstić information content (AvgIpc) is 2.82. The van der Waals surface area contributed by atoms with Crippen molar-refractivity contribution in [2.75, 3.05) is 6.61 Å². The maximum absolute atomic E-state index is 11.9. The van der Waals surface area contributed by atoms with Crippen molar-refractivity contribution in [3.8, 4) is 0 Å². The molecule has 4 heteroatoms. The van der Waals surface area contributed by atoms with E-state index in [1.54, 1.807) is 0 Å². The molecule has 92 valence electrons. The lowest BCUT2D eigenvalue weighted by Gasteiger charge is -2.14. The van der Waals surface area contributed by atoms with Gasteiger partial charge in [-0.2, -0.15) is 0 Å². The highest BCUT2D eigenvalue weighted by Crippen LogP contribution is 2.17. The number of fused-ring (bicyclic) bond motifs is 1. The van der Waals surface area contributed by atoms with E-state index in [4.69, 9.17) is 5.11 Å². The van der Waals surface area contributed by atoms with Gasteiger partial charge in [-0.15, -0.1) is 0 Å². The van der Waals surface area contributed by atoms with Crippen molar-refractivity contribution in [3.05, 3.63) is 34.9 Å². The second-order valence-electron chi connectivity index (χ2n) is 4.35. The minimum atomic E-state index is -0.158. The van der Waals surface area contributed by atoms with Gasteiger partial charge in [-0.3, -0.25) is 4.79 Å². The summed E-state index contributed by atoms with van der Waals surface area (Å²) < 4.78 is 0. The summed E-state index contributed by atoms with van der Waals surface area (Å²) >= 11 is 0. The van der Waals surface area contributed by atoms with Crippen LogP contribution in [0.5, 0.6) is 0 Å². The van der Waals surface area contributed by atoms with Gasteiger partial charge in [0.2, 0.25) is 0 Å². The van der Waals surface area contributed by atoms with Crippen molar-refractivity contribution >= 4 is 5.91 Å². The van der Waals surface area contributed by atoms with Crippen LogP contribution >= 0.6 is 0 Å². The number of nitrogens with one attached hydrogen (secondary N) is 2. The molecule has 3 N–H and O–H groups in total. The van der Waals surface area contributed by atoms with E-state index >= 15 is 0 Å². The van der Waals surface area contributed by atoms with Crippen LogP contribution in [0.4, 0.5) is 0 Å². The Morgan fingerprint density at radius 1 is 1.47 bits per heavy atom. The van der Waals surface area contributed by atoms with Gasteiger partial charge in [-0.25, -0.2) is 0 Å². The van der Waals surface area contributed by atoms with Crippen LogP contribution in [-0.2, 0) is 13.1 Å². The minimum absolute atomic E-state index is 0.0191. The number of amides is 1. The molecule has 1 amide bonds. The number of hydrogen-bond acceptors (Lipinski definition) is 3. The van der Waals surface area contributed by atoms with Gasteiger partial charge < -0.3 is 15.7 Å². The van der Waals surface area contributed by atoms with Crippen LogP contribution in [-0.4, -0.2) is 23.7 Å². The molecular formula is C13H18N2O2. The predicted molar refractivity (Wildman–Crippen MR) is 65.6 cm³/mol. The van der Waals surface area contributed by atoms with Gasteiger partial charge >= 0.3 is 0 Å². The van der Waals surface area contributed by atoms with Crippen LogP contribution in [0.1, 0.15) is 34.8 Å². The van der Waals surface area contributed by atoms with Crippen LogP contribution in [0.15, 0.2) is 18.2 Å². The molecule has 0 saturated heterocycles. The van der Waals surface area contributed by atoms with Crippen molar-refractivity contribution in [1.29, 1.82) is 0 Å². The van der Waals surface area contributed by atoms with E-state index < -0.39 is 0 Å². The van der Waals surface area contributed by atoms with Gasteiger partial charge in [0.15, 0.2) is 0 Å². The summed E-state index contributed by atoms with van der Waals surface area (Å²) in [4.78, 5) is 11.9. The Kier molecular flexibility index (Phi) is 3.76. The van der Waals surface area contributed by atoms with Crippen LogP contribution in [0.3, 0.4) is 0 Å². The molecule has 1 aliphatic heterocycles. The lowest BCUT2D eigenvalue weighted by molar-refractivity contribution is 0.0915. The molecule has 17 heavy (non-hydrogen) atoms. The Bertz CT molecular complexity index is 414. The van der Waals surface area contributed by atoms with Gasteiger partial charge in [0.05, 0.1) is 12.6 Å². The quantitative estimate of drug-likeness (QED) is 0.722. The molecule has 1 aliphatic rings. The summed E-state index contributed by atoms with van der Waals surface area (Å²) in [6.45, 7) is 3.63. The highest BCUT2D eigenvalue weighted by Gasteiger charge is 2.15. The third-order valence-corrected chi connectivity index (χ3v) is 3.15. The van der Waals surface area contributed by atoms with Crippen molar-refractivity contribution in [3.63, 3.8) is 0 Å². The Morgan fingerprint density at radius 2 is 2.24 bits per heavy atom. The van der Waals surface area contributed by atoms with Crippen LogP contribution in [0.2, 0.25) is 0 Å². The average molecular weight is 234 g/mol. The van der Waals surface area contributed by atoms with E-state index in [9.17, 15) is 4.79 Å². The minimum Gasteiger partial charge on any atom is -0.394 e. The zero-order chi connectivity index (χ0) is 12.3. The Balaban J connectivity index is 2.09. The number of aliphatic hydroxyl groups excluding tert-OH is 1. The maximum atomic E-state index is 11.9. The van der Waals surface area contributed by atoms with E-state index in [1.807, 2.05) is 25.1 Å². The molecule has 0 spiro atoms. The first kappa shape index (κ1) is 12.1. The van der Waals surface area contributed by atoms with E-state index in [0.29, 0.717) is 5.56 Å². The molecule has 0 radical (unpaired) electrons. The molecule has 1 aromatic carbocycles. The Labute approximate surface area is 101 Å². The number of aliphatic hydroxyl groups is 1. The number of hydrogen-bond donors (Lipinski definition) is 3. The summed E-state index contributed by atoms with van der Waals surface area (Å²) in [5.41, 5.74) is 3.12. The monoisotopic (exact) mass is 234 g/mol. The van der Waals surface area contributed by atoms with Gasteiger partial charge in [0, 0.05) is 18.7 Å². The number of rotatable bonds is 4. The fourth-order valence-electron chi connectivity index (χ4n) is 1.98. The lowest BCUT2D eigenvalue weighted by Crippen LogP contribution is -2.36. The topological polar surface area (TPSA) is 61.4 Å². The third kappa shape index (κ3) is 2.65. The van der Waals surface area contributed by atoms with E-state index in [0.717, 1.165) is 19.5 Å². The molecule has 0 saturated carbocycles. The van der Waals surface area contributed by atoms with Gasteiger partial charge in [0.25, 0.3) is 5.91 Å². The fraction of sp³-hybridized carbons (Fsp3) is 0.462. The predicted octanol–water partition coefficient (Wildman–Crippen LogP) is 0.791. The Morgan fingerprint density at radius 3 is 2.94 bits per heavy atom. The van der Waals surface area contributed by atoms with Crippen molar-refractivity contribution in [2.45, 2.75) is 32.5 Å². The smallest absolute Gasteiger partial charge is 0.251 e. The molecule has 1 atom stereocenters. The van der Waals surface area contributed by atoms with Crippen molar-refractivity contribution in [1.82, 2.24) is 10.6 Å². The zero-order valence-electron chi connectivity index (χ0n) is 9.99. The summed E-state index contributed by atoms with van der Waals surface area (Å²) in [7, 11) is 0. The van der Waals surface area contributed by atoms with Gasteiger partial charge in [-0.05, 0) is 29.7 Å². The molecule has 1 heterocycles. The second kappa shape index (κ2) is 5.29. The molecular weight excluding hydrogens is 216 g/mol. The molecule has 0 aliphatic carbocycles. The molecule has 0 unspecified atom stereocenters. The summed E-state index contributed by atoms with van der Waals surface area (Å²) in [5, 5.41) is 15.1. The molecule has 1 aromatic rings. The first-order chi connectivity index (χ1) is 8.24. The number of carbonyl (C=O) groups is 1. The third-order valence-electron chi connectivity index (χ3n) is 3.15. The summed E-state index contributed by atoms with van der Waals surface area (Å²) in [5.74, 6) is -0.111.